The van der Waals surface area contributed by atoms with E-state index in [1.54, 1.807) is 16.0 Å². The third kappa shape index (κ3) is 3.34. The minimum absolute atomic E-state index is 0.151. The van der Waals surface area contributed by atoms with E-state index < -0.39 is 0 Å². The molecule has 7 heteroatoms. The first-order valence-electron chi connectivity index (χ1n) is 7.78. The summed E-state index contributed by atoms with van der Waals surface area (Å²) in [6.07, 6.45) is 3.92. The average Bonchev–Trinajstić information content (AvgIpc) is 2.68. The first-order chi connectivity index (χ1) is 11.7. The molecule has 0 unspecified atom stereocenters. The number of carbonyl (C=O) groups is 2. The Balaban J connectivity index is 1.68. The molecule has 0 aliphatic carbocycles. The van der Waals surface area contributed by atoms with E-state index in [0.29, 0.717) is 37.7 Å². The molecule has 0 bridgehead atoms. The molecule has 1 aliphatic heterocycles. The third-order valence-electron chi connectivity index (χ3n) is 4.10. The van der Waals surface area contributed by atoms with E-state index in [2.05, 4.69) is 9.97 Å². The molecule has 0 saturated carbocycles. The Kier molecular flexibility index (Phi) is 4.69. The van der Waals surface area contributed by atoms with E-state index in [4.69, 9.17) is 0 Å². The van der Waals surface area contributed by atoms with Gasteiger partial charge in [0.15, 0.2) is 5.82 Å². The molecule has 2 amide bonds. The summed E-state index contributed by atoms with van der Waals surface area (Å²) in [5, 5.41) is 0. The zero-order valence-corrected chi connectivity index (χ0v) is 13.5. The summed E-state index contributed by atoms with van der Waals surface area (Å²) in [5.74, 6) is 0.519. The van der Waals surface area contributed by atoms with Crippen LogP contribution in [-0.2, 0) is 4.79 Å². The van der Waals surface area contributed by atoms with Gasteiger partial charge in [0.05, 0.1) is 12.4 Å². The van der Waals surface area contributed by atoms with E-state index in [0.717, 1.165) is 12.1 Å². The number of aromatic nitrogens is 2. The van der Waals surface area contributed by atoms with Crippen LogP contribution < -0.4 is 4.90 Å². The molecule has 0 spiro atoms. The van der Waals surface area contributed by atoms with E-state index in [1.165, 1.54) is 6.20 Å². The summed E-state index contributed by atoms with van der Waals surface area (Å²) in [6, 6.07) is 9.82. The molecular weight excluding hydrogens is 306 g/mol. The van der Waals surface area contributed by atoms with Crippen molar-refractivity contribution in [2.75, 3.05) is 38.1 Å². The van der Waals surface area contributed by atoms with E-state index in [-0.39, 0.29) is 5.91 Å². The van der Waals surface area contributed by atoms with Gasteiger partial charge in [-0.25, -0.2) is 9.97 Å². The maximum atomic E-state index is 12.4. The van der Waals surface area contributed by atoms with Gasteiger partial charge in [0, 0.05) is 38.9 Å². The molecular formula is C17H19N5O2. The number of hydrogen-bond donors (Lipinski definition) is 0. The van der Waals surface area contributed by atoms with Gasteiger partial charge in [-0.15, -0.1) is 0 Å². The smallest absolute Gasteiger partial charge is 0.274 e. The predicted octanol–water partition coefficient (Wildman–Crippen LogP) is 1.16. The second-order valence-electron chi connectivity index (χ2n) is 5.59. The number of nitrogens with zero attached hydrogens (tertiary/aromatic N) is 5. The zero-order chi connectivity index (χ0) is 16.9. The zero-order valence-electron chi connectivity index (χ0n) is 13.5. The highest BCUT2D eigenvalue weighted by Crippen LogP contribution is 2.20. The SMILES string of the molecule is CN(c1ccccc1)c1cnc(C(=O)N2CCN(C=O)CC2)cn1. The Morgan fingerprint density at radius 1 is 1.08 bits per heavy atom. The van der Waals surface area contributed by atoms with Crippen LogP contribution in [0.25, 0.3) is 0 Å². The molecule has 1 aromatic carbocycles. The maximum absolute atomic E-state index is 12.4. The van der Waals surface area contributed by atoms with Crippen LogP contribution in [-0.4, -0.2) is 65.3 Å². The fourth-order valence-electron chi connectivity index (χ4n) is 2.58. The number of amides is 2. The molecule has 0 radical (unpaired) electrons. The molecule has 7 nitrogen and oxygen atoms in total. The van der Waals surface area contributed by atoms with Gasteiger partial charge in [-0.3, -0.25) is 9.59 Å². The van der Waals surface area contributed by atoms with E-state index in [9.17, 15) is 9.59 Å². The molecule has 2 heterocycles. The Bertz CT molecular complexity index is 697. The predicted molar refractivity (Wildman–Crippen MR) is 90.1 cm³/mol. The van der Waals surface area contributed by atoms with Crippen molar-refractivity contribution in [1.82, 2.24) is 19.8 Å². The molecule has 1 saturated heterocycles. The van der Waals surface area contributed by atoms with Crippen molar-refractivity contribution in [3.63, 3.8) is 0 Å². The summed E-state index contributed by atoms with van der Waals surface area (Å²) in [6.45, 7) is 2.14. The number of benzene rings is 1. The van der Waals surface area contributed by atoms with Crippen LogP contribution in [0.15, 0.2) is 42.7 Å². The highest BCUT2D eigenvalue weighted by atomic mass is 16.2. The van der Waals surface area contributed by atoms with Crippen LogP contribution in [0.5, 0.6) is 0 Å². The largest absolute Gasteiger partial charge is 0.342 e. The first kappa shape index (κ1) is 15.9. The van der Waals surface area contributed by atoms with Gasteiger partial charge in [-0.1, -0.05) is 18.2 Å². The van der Waals surface area contributed by atoms with Gasteiger partial charge < -0.3 is 14.7 Å². The molecule has 0 N–H and O–H groups in total. The quantitative estimate of drug-likeness (QED) is 0.789. The highest BCUT2D eigenvalue weighted by molar-refractivity contribution is 5.92. The van der Waals surface area contributed by atoms with Crippen LogP contribution in [0.1, 0.15) is 10.5 Å². The lowest BCUT2D eigenvalue weighted by Gasteiger charge is -2.32. The lowest BCUT2D eigenvalue weighted by atomic mass is 10.3. The van der Waals surface area contributed by atoms with Crippen LogP contribution in [0.2, 0.25) is 0 Å². The van der Waals surface area contributed by atoms with Gasteiger partial charge in [0.2, 0.25) is 6.41 Å². The Hall–Kier alpha value is -2.96. The topological polar surface area (TPSA) is 69.6 Å². The molecule has 3 rings (SSSR count). The summed E-state index contributed by atoms with van der Waals surface area (Å²) in [5.41, 5.74) is 1.32. The third-order valence-corrected chi connectivity index (χ3v) is 4.10. The van der Waals surface area contributed by atoms with Crippen molar-refractivity contribution < 1.29 is 9.59 Å². The van der Waals surface area contributed by atoms with E-state index in [1.807, 2.05) is 42.3 Å². The lowest BCUT2D eigenvalue weighted by molar-refractivity contribution is -0.119. The lowest BCUT2D eigenvalue weighted by Crippen LogP contribution is -2.48. The fourth-order valence-corrected chi connectivity index (χ4v) is 2.58. The second kappa shape index (κ2) is 7.08. The van der Waals surface area contributed by atoms with Gasteiger partial charge in [-0.05, 0) is 12.1 Å². The molecule has 2 aromatic rings. The van der Waals surface area contributed by atoms with E-state index >= 15 is 0 Å². The maximum Gasteiger partial charge on any atom is 0.274 e. The Morgan fingerprint density at radius 3 is 2.38 bits per heavy atom. The van der Waals surface area contributed by atoms with Gasteiger partial charge >= 0.3 is 0 Å². The number of para-hydroxylation sites is 1. The first-order valence-corrected chi connectivity index (χ1v) is 7.78. The standard InChI is InChI=1S/C17H19N5O2/c1-20(14-5-3-2-4-6-14)16-12-18-15(11-19-16)17(24)22-9-7-21(13-23)8-10-22/h2-6,11-13H,7-10H2,1H3. The number of carbonyl (C=O) groups excluding carboxylic acids is 2. The molecule has 124 valence electrons. The number of rotatable bonds is 4. The van der Waals surface area contributed by atoms with Crippen molar-refractivity contribution in [2.24, 2.45) is 0 Å². The van der Waals surface area contributed by atoms with Crippen molar-refractivity contribution in [2.45, 2.75) is 0 Å². The Morgan fingerprint density at radius 2 is 1.79 bits per heavy atom. The van der Waals surface area contributed by atoms with Crippen LogP contribution in [0.4, 0.5) is 11.5 Å². The summed E-state index contributed by atoms with van der Waals surface area (Å²) < 4.78 is 0. The van der Waals surface area contributed by atoms with Gasteiger partial charge in [-0.2, -0.15) is 0 Å². The van der Waals surface area contributed by atoms with Crippen molar-refractivity contribution in [1.29, 1.82) is 0 Å². The molecule has 1 aromatic heterocycles. The summed E-state index contributed by atoms with van der Waals surface area (Å²) in [4.78, 5) is 37.0. The summed E-state index contributed by atoms with van der Waals surface area (Å²) in [7, 11) is 1.90. The van der Waals surface area contributed by atoms with Crippen LogP contribution in [0, 0.1) is 0 Å². The van der Waals surface area contributed by atoms with Crippen molar-refractivity contribution in [3.8, 4) is 0 Å². The highest BCUT2D eigenvalue weighted by Gasteiger charge is 2.22. The number of anilines is 2. The van der Waals surface area contributed by atoms with Gasteiger partial charge in [0.25, 0.3) is 5.91 Å². The van der Waals surface area contributed by atoms with Crippen LogP contribution >= 0.6 is 0 Å². The minimum atomic E-state index is -0.151. The molecule has 1 fully saturated rings. The summed E-state index contributed by atoms with van der Waals surface area (Å²) >= 11 is 0. The normalized spacial score (nSPS) is 14.4. The molecule has 24 heavy (non-hydrogen) atoms. The Labute approximate surface area is 140 Å². The number of hydrogen-bond acceptors (Lipinski definition) is 5. The van der Waals surface area contributed by atoms with Gasteiger partial charge in [0.1, 0.15) is 5.69 Å². The average molecular weight is 325 g/mol. The van der Waals surface area contributed by atoms with Crippen LogP contribution in [0.3, 0.4) is 0 Å². The molecule has 0 atom stereocenters. The number of piperazine rings is 1. The van der Waals surface area contributed by atoms with Crippen molar-refractivity contribution >= 4 is 23.8 Å². The monoisotopic (exact) mass is 325 g/mol. The fraction of sp³-hybridized carbons (Fsp3) is 0.294. The minimum Gasteiger partial charge on any atom is -0.342 e. The molecule has 1 aliphatic rings. The second-order valence-corrected chi connectivity index (χ2v) is 5.59. The van der Waals surface area contributed by atoms with Crippen molar-refractivity contribution in [3.05, 3.63) is 48.4 Å².